The first-order valence-electron chi connectivity index (χ1n) is 6.76. The highest BCUT2D eigenvalue weighted by Gasteiger charge is 2.10. The van der Waals surface area contributed by atoms with Gasteiger partial charge in [-0.25, -0.2) is 4.68 Å². The number of benzene rings is 1. The van der Waals surface area contributed by atoms with Crippen LogP contribution in [0.15, 0.2) is 53.4 Å². The number of aromatic nitrogens is 3. The Labute approximate surface area is 122 Å². The van der Waals surface area contributed by atoms with Gasteiger partial charge in [0.25, 0.3) is 0 Å². The van der Waals surface area contributed by atoms with Gasteiger partial charge in [0.15, 0.2) is 0 Å². The lowest BCUT2D eigenvalue weighted by Gasteiger charge is -2.06. The van der Waals surface area contributed by atoms with Crippen LogP contribution in [0.3, 0.4) is 0 Å². The maximum absolute atomic E-state index is 4.28. The summed E-state index contributed by atoms with van der Waals surface area (Å²) in [4.78, 5) is 0. The normalized spacial score (nSPS) is 12.4. The van der Waals surface area contributed by atoms with Crippen LogP contribution >= 0.6 is 11.3 Å². The molecule has 0 fully saturated rings. The molecular weight excluding hydrogens is 266 g/mol. The SMILES string of the molecule is CC(Cc1cn(Cc2ccccc2)nn1)c1ccsc1. The minimum Gasteiger partial charge on any atom is -0.248 e. The van der Waals surface area contributed by atoms with E-state index in [-0.39, 0.29) is 0 Å². The molecule has 0 bridgehead atoms. The van der Waals surface area contributed by atoms with Crippen LogP contribution in [0, 0.1) is 0 Å². The molecule has 3 nitrogen and oxygen atoms in total. The van der Waals surface area contributed by atoms with Crippen LogP contribution in [-0.2, 0) is 13.0 Å². The molecule has 1 atom stereocenters. The van der Waals surface area contributed by atoms with Crippen molar-refractivity contribution in [3.8, 4) is 0 Å². The summed E-state index contributed by atoms with van der Waals surface area (Å²) in [7, 11) is 0. The van der Waals surface area contributed by atoms with Crippen LogP contribution in [0.25, 0.3) is 0 Å². The summed E-state index contributed by atoms with van der Waals surface area (Å²) in [5.74, 6) is 0.489. The second-order valence-electron chi connectivity index (χ2n) is 5.05. The number of thiophene rings is 1. The fourth-order valence-corrected chi connectivity index (χ4v) is 3.05. The van der Waals surface area contributed by atoms with Crippen molar-refractivity contribution in [3.05, 3.63) is 70.2 Å². The zero-order chi connectivity index (χ0) is 13.8. The predicted octanol–water partition coefficient (Wildman–Crippen LogP) is 3.73. The van der Waals surface area contributed by atoms with Gasteiger partial charge in [0, 0.05) is 6.20 Å². The van der Waals surface area contributed by atoms with Crippen LogP contribution in [0.4, 0.5) is 0 Å². The van der Waals surface area contributed by atoms with Gasteiger partial charge in [-0.15, -0.1) is 5.10 Å². The Morgan fingerprint density at radius 1 is 1.20 bits per heavy atom. The van der Waals surface area contributed by atoms with Crippen molar-refractivity contribution in [1.29, 1.82) is 0 Å². The summed E-state index contributed by atoms with van der Waals surface area (Å²) >= 11 is 1.74. The summed E-state index contributed by atoms with van der Waals surface area (Å²) < 4.78 is 1.91. The average Bonchev–Trinajstić information content (AvgIpc) is 3.11. The van der Waals surface area contributed by atoms with Crippen LogP contribution in [0.5, 0.6) is 0 Å². The van der Waals surface area contributed by atoms with E-state index in [1.807, 2.05) is 22.9 Å². The highest BCUT2D eigenvalue weighted by molar-refractivity contribution is 7.07. The van der Waals surface area contributed by atoms with E-state index >= 15 is 0 Å². The zero-order valence-corrected chi connectivity index (χ0v) is 12.3. The molecule has 0 aliphatic rings. The Morgan fingerprint density at radius 2 is 2.05 bits per heavy atom. The summed E-state index contributed by atoms with van der Waals surface area (Å²) in [6.45, 7) is 3.01. The third kappa shape index (κ3) is 3.14. The predicted molar refractivity (Wildman–Crippen MR) is 82.0 cm³/mol. The van der Waals surface area contributed by atoms with Gasteiger partial charge in [-0.1, -0.05) is 42.5 Å². The van der Waals surface area contributed by atoms with Gasteiger partial charge in [0.05, 0.1) is 12.2 Å². The van der Waals surface area contributed by atoms with Gasteiger partial charge in [0.2, 0.25) is 0 Å². The van der Waals surface area contributed by atoms with Gasteiger partial charge in [0.1, 0.15) is 0 Å². The zero-order valence-electron chi connectivity index (χ0n) is 11.4. The van der Waals surface area contributed by atoms with E-state index in [4.69, 9.17) is 0 Å². The van der Waals surface area contributed by atoms with E-state index in [0.717, 1.165) is 18.7 Å². The van der Waals surface area contributed by atoms with E-state index < -0.39 is 0 Å². The molecule has 4 heteroatoms. The quantitative estimate of drug-likeness (QED) is 0.714. The maximum atomic E-state index is 4.28. The van der Waals surface area contributed by atoms with E-state index in [9.17, 15) is 0 Å². The lowest BCUT2D eigenvalue weighted by Crippen LogP contribution is -2.00. The van der Waals surface area contributed by atoms with Gasteiger partial charge in [-0.2, -0.15) is 11.3 Å². The van der Waals surface area contributed by atoms with Crippen LogP contribution in [-0.4, -0.2) is 15.0 Å². The van der Waals surface area contributed by atoms with Crippen molar-refractivity contribution in [2.24, 2.45) is 0 Å². The highest BCUT2D eigenvalue weighted by Crippen LogP contribution is 2.21. The minimum absolute atomic E-state index is 0.489. The van der Waals surface area contributed by atoms with Crippen LogP contribution in [0.2, 0.25) is 0 Å². The molecule has 102 valence electrons. The number of nitrogens with zero attached hydrogens (tertiary/aromatic N) is 3. The molecule has 0 N–H and O–H groups in total. The molecule has 1 aromatic carbocycles. The van der Waals surface area contributed by atoms with Crippen molar-refractivity contribution >= 4 is 11.3 Å². The fourth-order valence-electron chi connectivity index (χ4n) is 2.27. The summed E-state index contributed by atoms with van der Waals surface area (Å²) in [6.07, 6.45) is 2.99. The largest absolute Gasteiger partial charge is 0.248 e. The lowest BCUT2D eigenvalue weighted by molar-refractivity contribution is 0.648. The Morgan fingerprint density at radius 3 is 2.80 bits per heavy atom. The second-order valence-corrected chi connectivity index (χ2v) is 5.83. The topological polar surface area (TPSA) is 30.7 Å². The van der Waals surface area contributed by atoms with Crippen molar-refractivity contribution in [3.63, 3.8) is 0 Å². The summed E-state index contributed by atoms with van der Waals surface area (Å²) in [6, 6.07) is 12.5. The summed E-state index contributed by atoms with van der Waals surface area (Å²) in [5, 5.41) is 12.8. The minimum atomic E-state index is 0.489. The van der Waals surface area contributed by atoms with Gasteiger partial charge in [-0.3, -0.25) is 0 Å². The molecular formula is C16H17N3S. The third-order valence-corrected chi connectivity index (χ3v) is 4.10. The maximum Gasteiger partial charge on any atom is 0.0833 e. The van der Waals surface area contributed by atoms with E-state index in [0.29, 0.717) is 5.92 Å². The number of hydrogen-bond donors (Lipinski definition) is 0. The van der Waals surface area contributed by atoms with Gasteiger partial charge in [-0.05, 0) is 40.3 Å². The Balaban J connectivity index is 1.65. The lowest BCUT2D eigenvalue weighted by atomic mass is 10.00. The van der Waals surface area contributed by atoms with Gasteiger partial charge >= 0.3 is 0 Å². The van der Waals surface area contributed by atoms with Crippen molar-refractivity contribution < 1.29 is 0 Å². The van der Waals surface area contributed by atoms with Crippen molar-refractivity contribution in [2.45, 2.75) is 25.8 Å². The molecule has 0 spiro atoms. The molecule has 0 aliphatic carbocycles. The fraction of sp³-hybridized carbons (Fsp3) is 0.250. The van der Waals surface area contributed by atoms with E-state index in [1.165, 1.54) is 11.1 Å². The summed E-state index contributed by atoms with van der Waals surface area (Å²) in [5.41, 5.74) is 3.68. The molecule has 1 unspecified atom stereocenters. The second kappa shape index (κ2) is 6.01. The Bertz CT molecular complexity index is 643. The Hall–Kier alpha value is -1.94. The molecule has 2 aromatic heterocycles. The first-order chi connectivity index (χ1) is 9.81. The molecule has 0 radical (unpaired) electrons. The van der Waals surface area contributed by atoms with Crippen LogP contribution < -0.4 is 0 Å². The van der Waals surface area contributed by atoms with E-state index in [1.54, 1.807) is 11.3 Å². The smallest absolute Gasteiger partial charge is 0.0833 e. The molecule has 3 rings (SSSR count). The number of hydrogen-bond acceptors (Lipinski definition) is 3. The third-order valence-electron chi connectivity index (χ3n) is 3.40. The monoisotopic (exact) mass is 283 g/mol. The molecule has 0 amide bonds. The molecule has 0 saturated heterocycles. The highest BCUT2D eigenvalue weighted by atomic mass is 32.1. The van der Waals surface area contributed by atoms with Crippen molar-refractivity contribution in [1.82, 2.24) is 15.0 Å². The molecule has 0 saturated carbocycles. The number of rotatable bonds is 5. The molecule has 20 heavy (non-hydrogen) atoms. The first kappa shape index (κ1) is 13.1. The van der Waals surface area contributed by atoms with Gasteiger partial charge < -0.3 is 0 Å². The molecule has 2 heterocycles. The Kier molecular flexibility index (Phi) is 3.92. The molecule has 3 aromatic rings. The first-order valence-corrected chi connectivity index (χ1v) is 7.70. The standard InChI is InChI=1S/C16H17N3S/c1-13(15-7-8-20-12-15)9-16-11-19(18-17-16)10-14-5-3-2-4-6-14/h2-8,11-13H,9-10H2,1H3. The average molecular weight is 283 g/mol. The van der Waals surface area contributed by atoms with Crippen LogP contribution in [0.1, 0.15) is 29.7 Å². The molecule has 0 aliphatic heterocycles. The van der Waals surface area contributed by atoms with E-state index in [2.05, 4.69) is 52.4 Å². The van der Waals surface area contributed by atoms with Crippen molar-refractivity contribution in [2.75, 3.05) is 0 Å².